The van der Waals surface area contributed by atoms with Crippen molar-refractivity contribution in [3.8, 4) is 0 Å². The summed E-state index contributed by atoms with van der Waals surface area (Å²) in [5, 5.41) is 9.16. The normalized spacial score (nSPS) is 12.3. The van der Waals surface area contributed by atoms with Crippen LogP contribution in [0.5, 0.6) is 0 Å². The van der Waals surface area contributed by atoms with E-state index in [1.807, 2.05) is 6.07 Å². The minimum atomic E-state index is -1.63. The first-order chi connectivity index (χ1) is 10.6. The van der Waals surface area contributed by atoms with E-state index >= 15 is 0 Å². The first-order valence-electron chi connectivity index (χ1n) is 8.33. The third kappa shape index (κ3) is 4.54. The Labute approximate surface area is 146 Å². The molecule has 0 aromatic heterocycles. The van der Waals surface area contributed by atoms with Crippen molar-refractivity contribution < 1.29 is 9.90 Å². The third-order valence-electron chi connectivity index (χ3n) is 4.70. The zero-order chi connectivity index (χ0) is 17.8. The first-order valence-corrected chi connectivity index (χ1v) is 12.1. The van der Waals surface area contributed by atoms with E-state index in [1.165, 1.54) is 9.80 Å². The van der Waals surface area contributed by atoms with Gasteiger partial charge in [-0.1, -0.05) is 59.7 Å². The molecule has 1 amide bonds. The first kappa shape index (κ1) is 20.1. The predicted molar refractivity (Wildman–Crippen MR) is 103 cm³/mol. The molecule has 0 bridgehead atoms. The number of hydrogen-bond acceptors (Lipinski definition) is 2. The van der Waals surface area contributed by atoms with Gasteiger partial charge in [-0.25, -0.2) is 4.79 Å². The van der Waals surface area contributed by atoms with Gasteiger partial charge >= 0.3 is 6.09 Å². The number of hydrogen-bond donors (Lipinski definition) is 1. The molecular weight excluding hydrogens is 322 g/mol. The highest BCUT2D eigenvalue weighted by atomic mass is 32.4. The van der Waals surface area contributed by atoms with E-state index in [4.69, 9.17) is 5.11 Å². The van der Waals surface area contributed by atoms with Gasteiger partial charge in [0.05, 0.1) is 0 Å². The average Bonchev–Trinajstić information content (AvgIpc) is 2.44. The summed E-state index contributed by atoms with van der Waals surface area (Å²) in [6, 6.07) is 8.28. The molecule has 0 radical (unpaired) electrons. The fourth-order valence-electron chi connectivity index (χ4n) is 3.60. The largest absolute Gasteiger partial charge is 0.465 e. The lowest BCUT2D eigenvalue weighted by Crippen LogP contribution is -2.41. The zero-order valence-corrected chi connectivity index (χ0v) is 17.3. The smallest absolute Gasteiger partial charge is 0.407 e. The van der Waals surface area contributed by atoms with Crippen molar-refractivity contribution in [2.75, 3.05) is 7.05 Å². The van der Waals surface area contributed by atoms with Crippen LogP contribution in [0.4, 0.5) is 4.79 Å². The van der Waals surface area contributed by atoms with E-state index in [9.17, 15) is 4.79 Å². The highest BCUT2D eigenvalue weighted by molar-refractivity contribution is 8.29. The van der Waals surface area contributed by atoms with Crippen LogP contribution in [0.25, 0.3) is 0 Å². The lowest BCUT2D eigenvalue weighted by molar-refractivity contribution is 0.153. The Morgan fingerprint density at radius 2 is 1.57 bits per heavy atom. The molecule has 0 atom stereocenters. The van der Waals surface area contributed by atoms with E-state index in [0.29, 0.717) is 23.2 Å². The van der Waals surface area contributed by atoms with E-state index in [-0.39, 0.29) is 0 Å². The summed E-state index contributed by atoms with van der Waals surface area (Å²) in [5.41, 5.74) is 3.11. The topological polar surface area (TPSA) is 40.5 Å². The molecule has 0 aliphatic rings. The minimum absolute atomic E-state index is 0.442. The van der Waals surface area contributed by atoms with Crippen LogP contribution in [0.3, 0.4) is 0 Å². The van der Waals surface area contributed by atoms with Gasteiger partial charge in [0.1, 0.15) is 7.22 Å². The van der Waals surface area contributed by atoms with Gasteiger partial charge in [-0.2, -0.15) is 0 Å². The number of rotatable bonds is 7. The maximum Gasteiger partial charge on any atom is 0.407 e. The number of carbonyl (C=O) groups is 1. The molecule has 1 aromatic rings. The second kappa shape index (κ2) is 8.24. The molecule has 0 saturated heterocycles. The summed E-state index contributed by atoms with van der Waals surface area (Å²) in [6.07, 6.45) is -0.884. The van der Waals surface area contributed by atoms with Crippen LogP contribution in [0, 0.1) is 0 Å². The highest BCUT2D eigenvalue weighted by Crippen LogP contribution is 2.52. The minimum Gasteiger partial charge on any atom is -0.465 e. The molecule has 3 nitrogen and oxygen atoms in total. The molecule has 0 heterocycles. The fraction of sp³-hybridized carbons (Fsp3) is 0.611. The molecule has 0 aliphatic heterocycles. The summed E-state index contributed by atoms with van der Waals surface area (Å²) < 4.78 is 0. The Kier molecular flexibility index (Phi) is 7.20. The van der Waals surface area contributed by atoms with Gasteiger partial charge in [0.15, 0.2) is 0 Å². The van der Waals surface area contributed by atoms with Crippen LogP contribution in [0.1, 0.15) is 47.1 Å². The molecule has 0 unspecified atom stereocenters. The van der Waals surface area contributed by atoms with Gasteiger partial charge in [0.25, 0.3) is 0 Å². The maximum absolute atomic E-state index is 11.2. The molecular formula is C18H31NO2SSi. The van der Waals surface area contributed by atoms with Crippen molar-refractivity contribution in [1.29, 1.82) is 0 Å². The predicted octanol–water partition coefficient (Wildman–Crippen LogP) is 6.06. The molecule has 0 aliphatic carbocycles. The van der Waals surface area contributed by atoms with Gasteiger partial charge < -0.3 is 10.0 Å². The molecule has 5 heteroatoms. The standard InChI is InChI=1S/C18H31NO2SSi/c1-13(2)23(14(3)4,15(5)6)22-17-11-9-8-10-16(17)12-19(7)18(20)21/h8-11,13-15H,12H2,1-7H3,(H,20,21). The summed E-state index contributed by atoms with van der Waals surface area (Å²) in [4.78, 5) is 13.8. The van der Waals surface area contributed by atoms with Crippen molar-refractivity contribution in [2.45, 2.75) is 69.6 Å². The molecule has 1 aromatic carbocycles. The van der Waals surface area contributed by atoms with E-state index < -0.39 is 13.3 Å². The maximum atomic E-state index is 11.2. The monoisotopic (exact) mass is 353 g/mol. The van der Waals surface area contributed by atoms with E-state index in [0.717, 1.165) is 5.56 Å². The van der Waals surface area contributed by atoms with Crippen LogP contribution in [-0.4, -0.2) is 30.4 Å². The molecule has 0 spiro atoms. The second-order valence-electron chi connectivity index (χ2n) is 7.17. The summed E-state index contributed by atoms with van der Waals surface area (Å²) in [6.45, 7) is 14.6. The Morgan fingerprint density at radius 3 is 2.00 bits per heavy atom. The quantitative estimate of drug-likeness (QED) is 0.605. The van der Waals surface area contributed by atoms with Gasteiger partial charge in [-0.3, -0.25) is 0 Å². The Morgan fingerprint density at radius 1 is 1.09 bits per heavy atom. The molecule has 0 saturated carbocycles. The molecule has 1 rings (SSSR count). The van der Waals surface area contributed by atoms with E-state index in [2.05, 4.69) is 71.0 Å². The average molecular weight is 354 g/mol. The van der Waals surface area contributed by atoms with Crippen molar-refractivity contribution in [2.24, 2.45) is 0 Å². The lowest BCUT2D eigenvalue weighted by atomic mass is 10.2. The molecule has 1 N–H and O–H groups in total. The lowest BCUT2D eigenvalue weighted by Gasteiger charge is -2.42. The zero-order valence-electron chi connectivity index (χ0n) is 15.5. The SMILES string of the molecule is CC(C)[Si](Sc1ccccc1CN(C)C(=O)O)(C(C)C)C(C)C. The summed E-state index contributed by atoms with van der Waals surface area (Å²) in [5.74, 6) is 0. The van der Waals surface area contributed by atoms with Gasteiger partial charge in [-0.15, -0.1) is 11.2 Å². The van der Waals surface area contributed by atoms with Crippen molar-refractivity contribution >= 4 is 24.5 Å². The molecule has 0 fully saturated rings. The fourth-order valence-corrected chi connectivity index (χ4v) is 13.0. The van der Waals surface area contributed by atoms with Crippen LogP contribution < -0.4 is 0 Å². The van der Waals surface area contributed by atoms with Crippen molar-refractivity contribution in [3.63, 3.8) is 0 Å². The van der Waals surface area contributed by atoms with Gasteiger partial charge in [0.2, 0.25) is 0 Å². The van der Waals surface area contributed by atoms with Crippen LogP contribution >= 0.6 is 11.2 Å². The summed E-state index contributed by atoms with van der Waals surface area (Å²) in [7, 11) is -0.000524. The number of benzene rings is 1. The second-order valence-corrected chi connectivity index (χ2v) is 15.7. The van der Waals surface area contributed by atoms with Crippen LogP contribution in [-0.2, 0) is 6.54 Å². The Balaban J connectivity index is 3.22. The number of amides is 1. The number of carboxylic acid groups (broad SMARTS) is 1. The third-order valence-corrected chi connectivity index (χ3v) is 17.0. The Bertz CT molecular complexity index is 510. The molecule has 130 valence electrons. The van der Waals surface area contributed by atoms with Gasteiger partial charge in [-0.05, 0) is 28.3 Å². The van der Waals surface area contributed by atoms with Crippen LogP contribution in [0.2, 0.25) is 16.6 Å². The number of nitrogens with zero attached hydrogens (tertiary/aromatic N) is 1. The van der Waals surface area contributed by atoms with Crippen molar-refractivity contribution in [1.82, 2.24) is 4.90 Å². The summed E-state index contributed by atoms with van der Waals surface area (Å²) >= 11 is 2.06. The van der Waals surface area contributed by atoms with Gasteiger partial charge in [0, 0.05) is 18.5 Å². The van der Waals surface area contributed by atoms with Crippen LogP contribution in [0.15, 0.2) is 29.2 Å². The Hall–Kier alpha value is -0.943. The highest BCUT2D eigenvalue weighted by Gasteiger charge is 2.44. The van der Waals surface area contributed by atoms with E-state index in [1.54, 1.807) is 7.05 Å². The van der Waals surface area contributed by atoms with Crippen molar-refractivity contribution in [3.05, 3.63) is 29.8 Å². The molecule has 23 heavy (non-hydrogen) atoms.